The van der Waals surface area contributed by atoms with Crippen molar-refractivity contribution in [2.24, 2.45) is 5.92 Å². The Bertz CT molecular complexity index is 1020. The maximum Gasteiger partial charge on any atom is 0.337 e. The second-order valence-electron chi connectivity index (χ2n) is 8.51. The van der Waals surface area contributed by atoms with E-state index in [2.05, 4.69) is 66.4 Å². The molecule has 0 radical (unpaired) electrons. The summed E-state index contributed by atoms with van der Waals surface area (Å²) in [6.45, 7) is 5.14. The molecule has 0 saturated carbocycles. The summed E-state index contributed by atoms with van der Waals surface area (Å²) in [7, 11) is 2.16. The average Bonchev–Trinajstić information content (AvgIpc) is 3.13. The predicted molar refractivity (Wildman–Crippen MR) is 121 cm³/mol. The number of carbonyl (C=O) groups is 1. The number of anilines is 2. The Kier molecular flexibility index (Phi) is 5.62. The van der Waals surface area contributed by atoms with Crippen LogP contribution in [0.4, 0.5) is 11.4 Å². The highest BCUT2D eigenvalue weighted by molar-refractivity contribution is 5.93. The molecule has 0 spiro atoms. The van der Waals surface area contributed by atoms with Crippen LogP contribution in [0.5, 0.6) is 0 Å². The summed E-state index contributed by atoms with van der Waals surface area (Å²) in [6.07, 6.45) is 10.9. The number of pyridine rings is 1. The Morgan fingerprint density at radius 2 is 2.17 bits per heavy atom. The van der Waals surface area contributed by atoms with Crippen molar-refractivity contribution in [2.75, 3.05) is 23.8 Å². The third-order valence-corrected chi connectivity index (χ3v) is 6.21. The molecule has 5 heteroatoms. The molecule has 1 aromatic carbocycles. The monoisotopic (exact) mass is 403 g/mol. The second-order valence-corrected chi connectivity index (χ2v) is 8.51. The van der Waals surface area contributed by atoms with Gasteiger partial charge in [-0.15, -0.1) is 0 Å². The van der Waals surface area contributed by atoms with E-state index in [0.29, 0.717) is 24.1 Å². The first-order valence-electron chi connectivity index (χ1n) is 10.6. The number of benzene rings is 1. The molecule has 4 rings (SSSR count). The number of aryl methyl sites for hydroxylation is 1. The van der Waals surface area contributed by atoms with E-state index in [1.807, 2.05) is 0 Å². The van der Waals surface area contributed by atoms with Crippen LogP contribution in [0, 0.1) is 5.92 Å². The molecule has 30 heavy (non-hydrogen) atoms. The lowest BCUT2D eigenvalue weighted by Gasteiger charge is -2.28. The molecular formula is C25H29N3O2. The van der Waals surface area contributed by atoms with Gasteiger partial charge in [0.15, 0.2) is 0 Å². The van der Waals surface area contributed by atoms with Crippen molar-refractivity contribution in [1.82, 2.24) is 4.98 Å². The van der Waals surface area contributed by atoms with E-state index in [4.69, 9.17) is 0 Å². The van der Waals surface area contributed by atoms with Crippen molar-refractivity contribution in [2.45, 2.75) is 39.0 Å². The van der Waals surface area contributed by atoms with Crippen LogP contribution in [0.15, 0.2) is 60.1 Å². The first kappa shape index (κ1) is 20.2. The van der Waals surface area contributed by atoms with Gasteiger partial charge in [0.2, 0.25) is 0 Å². The number of aromatic carboxylic acids is 1. The van der Waals surface area contributed by atoms with Crippen molar-refractivity contribution in [3.63, 3.8) is 0 Å². The molecule has 2 aliphatic carbocycles. The van der Waals surface area contributed by atoms with Gasteiger partial charge in [0.1, 0.15) is 0 Å². The molecule has 1 unspecified atom stereocenters. The van der Waals surface area contributed by atoms with Gasteiger partial charge >= 0.3 is 5.97 Å². The SMILES string of the molecule is CC1=CC(C)CC(N(C)c2ccc3c(c2)CC[C@H]3CNc2cnccc2C(=O)O)=C1. The third kappa shape index (κ3) is 4.11. The van der Waals surface area contributed by atoms with Gasteiger partial charge in [0.25, 0.3) is 0 Å². The number of carboxylic acid groups (broad SMARTS) is 1. The van der Waals surface area contributed by atoms with Crippen LogP contribution in [0.3, 0.4) is 0 Å². The van der Waals surface area contributed by atoms with Crippen LogP contribution >= 0.6 is 0 Å². The highest BCUT2D eigenvalue weighted by atomic mass is 16.4. The summed E-state index contributed by atoms with van der Waals surface area (Å²) in [5.41, 5.74) is 7.53. The number of hydrogen-bond acceptors (Lipinski definition) is 4. The van der Waals surface area contributed by atoms with Crippen LogP contribution in [0.2, 0.25) is 0 Å². The quantitative estimate of drug-likeness (QED) is 0.692. The molecule has 2 aliphatic rings. The number of nitrogens with one attached hydrogen (secondary N) is 1. The molecule has 0 amide bonds. The predicted octanol–water partition coefficient (Wildman–Crippen LogP) is 5.23. The Morgan fingerprint density at radius 3 is 2.93 bits per heavy atom. The van der Waals surface area contributed by atoms with Crippen molar-refractivity contribution in [3.05, 3.63) is 76.8 Å². The first-order valence-corrected chi connectivity index (χ1v) is 10.6. The Hall–Kier alpha value is -3.08. The van der Waals surface area contributed by atoms with Gasteiger partial charge in [-0.25, -0.2) is 4.79 Å². The largest absolute Gasteiger partial charge is 0.478 e. The molecular weight excluding hydrogens is 374 g/mol. The number of aromatic nitrogens is 1. The van der Waals surface area contributed by atoms with Crippen LogP contribution in [-0.4, -0.2) is 29.7 Å². The zero-order valence-corrected chi connectivity index (χ0v) is 17.9. The second kappa shape index (κ2) is 8.34. The summed E-state index contributed by atoms with van der Waals surface area (Å²) in [5.74, 6) is 0.0108. The number of carboxylic acids is 1. The molecule has 5 nitrogen and oxygen atoms in total. The summed E-state index contributed by atoms with van der Waals surface area (Å²) >= 11 is 0. The number of fused-ring (bicyclic) bond motifs is 1. The lowest BCUT2D eigenvalue weighted by molar-refractivity contribution is 0.0698. The van der Waals surface area contributed by atoms with E-state index in [0.717, 1.165) is 19.3 Å². The fraction of sp³-hybridized carbons (Fsp3) is 0.360. The number of rotatable bonds is 6. The maximum absolute atomic E-state index is 11.4. The van der Waals surface area contributed by atoms with Crippen molar-refractivity contribution >= 4 is 17.3 Å². The summed E-state index contributed by atoms with van der Waals surface area (Å²) in [5, 5.41) is 12.7. The van der Waals surface area contributed by atoms with Crippen molar-refractivity contribution in [1.29, 1.82) is 0 Å². The fourth-order valence-corrected chi connectivity index (χ4v) is 4.67. The molecule has 0 fully saturated rings. The third-order valence-electron chi connectivity index (χ3n) is 6.21. The Balaban J connectivity index is 1.48. The van der Waals surface area contributed by atoms with Gasteiger partial charge in [-0.05, 0) is 67.5 Å². The average molecular weight is 404 g/mol. The van der Waals surface area contributed by atoms with Crippen molar-refractivity contribution in [3.8, 4) is 0 Å². The molecule has 156 valence electrons. The van der Waals surface area contributed by atoms with Crippen LogP contribution in [-0.2, 0) is 6.42 Å². The van der Waals surface area contributed by atoms with Crippen LogP contribution in [0.1, 0.15) is 54.1 Å². The molecule has 0 aliphatic heterocycles. The molecule has 2 N–H and O–H groups in total. The van der Waals surface area contributed by atoms with Gasteiger partial charge in [0.05, 0.1) is 17.4 Å². The zero-order valence-electron chi connectivity index (χ0n) is 17.9. The number of allylic oxidation sites excluding steroid dienone is 4. The molecule has 1 heterocycles. The minimum absolute atomic E-state index is 0.263. The first-order chi connectivity index (χ1) is 14.4. The highest BCUT2D eigenvalue weighted by Gasteiger charge is 2.24. The van der Waals surface area contributed by atoms with Gasteiger partial charge in [-0.2, -0.15) is 0 Å². The van der Waals surface area contributed by atoms with Gasteiger partial charge < -0.3 is 15.3 Å². The smallest absolute Gasteiger partial charge is 0.337 e. The van der Waals surface area contributed by atoms with Gasteiger partial charge in [-0.3, -0.25) is 4.98 Å². The highest BCUT2D eigenvalue weighted by Crippen LogP contribution is 2.37. The van der Waals surface area contributed by atoms with E-state index in [1.165, 1.54) is 40.3 Å². The molecule has 2 aromatic rings. The van der Waals surface area contributed by atoms with E-state index in [9.17, 15) is 9.90 Å². The fourth-order valence-electron chi connectivity index (χ4n) is 4.67. The Morgan fingerprint density at radius 1 is 1.33 bits per heavy atom. The summed E-state index contributed by atoms with van der Waals surface area (Å²) in [4.78, 5) is 17.8. The topological polar surface area (TPSA) is 65.5 Å². The van der Waals surface area contributed by atoms with E-state index < -0.39 is 5.97 Å². The number of nitrogens with zero attached hydrogens (tertiary/aromatic N) is 2. The minimum Gasteiger partial charge on any atom is -0.478 e. The van der Waals surface area contributed by atoms with Crippen molar-refractivity contribution < 1.29 is 9.90 Å². The van der Waals surface area contributed by atoms with Gasteiger partial charge in [0, 0.05) is 37.1 Å². The molecule has 2 atom stereocenters. The van der Waals surface area contributed by atoms with Gasteiger partial charge in [-0.1, -0.05) is 24.6 Å². The number of hydrogen-bond donors (Lipinski definition) is 2. The normalized spacial score (nSPS) is 20.2. The zero-order chi connectivity index (χ0) is 21.3. The Labute approximate surface area is 178 Å². The minimum atomic E-state index is -0.934. The standard InChI is InChI=1S/C25H29N3O2/c1-16-10-17(2)12-21(11-16)28(3)20-6-7-22-18(13-20)4-5-19(22)14-27-24-15-26-9-8-23(24)25(29)30/h6-11,13,15,17,19,27H,4-5,12,14H2,1-3H3,(H,29,30)/t17?,19-/m0/s1. The van der Waals surface area contributed by atoms with E-state index in [-0.39, 0.29) is 5.56 Å². The van der Waals surface area contributed by atoms with E-state index in [1.54, 1.807) is 6.20 Å². The van der Waals surface area contributed by atoms with Crippen LogP contribution < -0.4 is 10.2 Å². The van der Waals surface area contributed by atoms with Crippen LogP contribution in [0.25, 0.3) is 0 Å². The van der Waals surface area contributed by atoms with E-state index >= 15 is 0 Å². The lowest BCUT2D eigenvalue weighted by atomic mass is 9.95. The summed E-state index contributed by atoms with van der Waals surface area (Å²) < 4.78 is 0. The molecule has 0 saturated heterocycles. The molecule has 0 bridgehead atoms. The molecule has 1 aromatic heterocycles. The maximum atomic E-state index is 11.4. The summed E-state index contributed by atoms with van der Waals surface area (Å²) in [6, 6.07) is 8.31. The lowest BCUT2D eigenvalue weighted by Crippen LogP contribution is -2.20.